The number of nitrogens with two attached hydrogens (primary N) is 1. The zero-order valence-corrected chi connectivity index (χ0v) is 13.2. The molecule has 0 amide bonds. The van der Waals surface area contributed by atoms with Crippen LogP contribution in [0.25, 0.3) is 0 Å². The minimum absolute atomic E-state index is 0.0428. The van der Waals surface area contributed by atoms with E-state index in [1.54, 1.807) is 0 Å². The maximum atomic E-state index is 6.32. The molecule has 0 bridgehead atoms. The molecule has 0 saturated carbocycles. The Bertz CT molecular complexity index is 386. The number of ether oxygens (including phenoxy) is 1. The first kappa shape index (κ1) is 16.5. The van der Waals surface area contributed by atoms with Crippen molar-refractivity contribution in [2.24, 2.45) is 5.73 Å². The van der Waals surface area contributed by atoms with Gasteiger partial charge >= 0.3 is 0 Å². The smallest absolute Gasteiger partial charge is 0.0847 e. The van der Waals surface area contributed by atoms with Gasteiger partial charge in [0, 0.05) is 25.6 Å². The van der Waals surface area contributed by atoms with Crippen molar-refractivity contribution in [3.63, 3.8) is 0 Å². The fourth-order valence-corrected chi connectivity index (χ4v) is 2.55. The topological polar surface area (TPSA) is 53.1 Å². The number of hydrogen-bond donors (Lipinski definition) is 1. The molecule has 19 heavy (non-hydrogen) atoms. The summed E-state index contributed by atoms with van der Waals surface area (Å²) in [6.07, 6.45) is 2.84. The average molecular weight is 288 g/mol. The van der Waals surface area contributed by atoms with Crippen molar-refractivity contribution in [3.8, 4) is 0 Å². The SMILES string of the molecule is CCCC(OCC)C(N)Cc1c(Cl)c(C)nn1CC. The predicted molar refractivity (Wildman–Crippen MR) is 79.6 cm³/mol. The van der Waals surface area contributed by atoms with Gasteiger partial charge in [-0.2, -0.15) is 5.10 Å². The van der Waals surface area contributed by atoms with Crippen LogP contribution in [0.15, 0.2) is 0 Å². The van der Waals surface area contributed by atoms with Crippen LogP contribution in [-0.4, -0.2) is 28.5 Å². The molecule has 0 fully saturated rings. The van der Waals surface area contributed by atoms with E-state index in [-0.39, 0.29) is 12.1 Å². The van der Waals surface area contributed by atoms with Crippen LogP contribution in [0.2, 0.25) is 5.02 Å². The van der Waals surface area contributed by atoms with Crippen molar-refractivity contribution in [3.05, 3.63) is 16.4 Å². The van der Waals surface area contributed by atoms with Crippen LogP contribution in [0, 0.1) is 6.92 Å². The molecule has 4 nitrogen and oxygen atoms in total. The molecule has 1 aromatic rings. The molecule has 110 valence electrons. The summed E-state index contributed by atoms with van der Waals surface area (Å²) < 4.78 is 7.68. The van der Waals surface area contributed by atoms with E-state index in [4.69, 9.17) is 22.1 Å². The average Bonchev–Trinajstić information content (AvgIpc) is 2.66. The summed E-state index contributed by atoms with van der Waals surface area (Å²) in [5.41, 5.74) is 8.19. The highest BCUT2D eigenvalue weighted by Gasteiger charge is 2.22. The van der Waals surface area contributed by atoms with Gasteiger partial charge in [-0.05, 0) is 27.2 Å². The number of hydrogen-bond acceptors (Lipinski definition) is 3. The third-order valence-electron chi connectivity index (χ3n) is 3.31. The Morgan fingerprint density at radius 3 is 2.58 bits per heavy atom. The second-order valence-electron chi connectivity index (χ2n) is 4.81. The molecule has 0 spiro atoms. The molecular weight excluding hydrogens is 262 g/mol. The van der Waals surface area contributed by atoms with Gasteiger partial charge in [-0.3, -0.25) is 4.68 Å². The molecule has 0 radical (unpaired) electrons. The van der Waals surface area contributed by atoms with Crippen LogP contribution in [0.5, 0.6) is 0 Å². The van der Waals surface area contributed by atoms with E-state index in [1.165, 1.54) is 0 Å². The lowest BCUT2D eigenvalue weighted by Gasteiger charge is -2.23. The monoisotopic (exact) mass is 287 g/mol. The first-order valence-corrected chi connectivity index (χ1v) is 7.51. The van der Waals surface area contributed by atoms with Crippen LogP contribution in [0.3, 0.4) is 0 Å². The molecule has 5 heteroatoms. The molecular formula is C14H26ClN3O. The van der Waals surface area contributed by atoms with Crippen molar-refractivity contribution in [1.29, 1.82) is 0 Å². The molecule has 1 aromatic heterocycles. The number of nitrogens with zero attached hydrogens (tertiary/aromatic N) is 2. The van der Waals surface area contributed by atoms with Crippen molar-refractivity contribution < 1.29 is 4.74 Å². The van der Waals surface area contributed by atoms with Crippen LogP contribution in [0.1, 0.15) is 45.0 Å². The zero-order valence-electron chi connectivity index (χ0n) is 12.4. The largest absolute Gasteiger partial charge is 0.377 e. The standard InChI is InChI=1S/C14H26ClN3O/c1-5-8-13(19-7-3)11(16)9-12-14(15)10(4)17-18(12)6-2/h11,13H,5-9,16H2,1-4H3. The summed E-state index contributed by atoms with van der Waals surface area (Å²) in [7, 11) is 0. The van der Waals surface area contributed by atoms with Gasteiger partial charge in [0.2, 0.25) is 0 Å². The highest BCUT2D eigenvalue weighted by atomic mass is 35.5. The quantitative estimate of drug-likeness (QED) is 0.800. The Labute approximate surface area is 121 Å². The lowest BCUT2D eigenvalue weighted by Crippen LogP contribution is -2.39. The Balaban J connectivity index is 2.82. The van der Waals surface area contributed by atoms with E-state index in [0.29, 0.717) is 13.0 Å². The molecule has 0 aliphatic heterocycles. The third kappa shape index (κ3) is 4.20. The van der Waals surface area contributed by atoms with Gasteiger partial charge in [-0.25, -0.2) is 0 Å². The van der Waals surface area contributed by atoms with E-state index in [2.05, 4.69) is 18.9 Å². The zero-order chi connectivity index (χ0) is 14.4. The summed E-state index contributed by atoms with van der Waals surface area (Å²) in [5, 5.41) is 5.16. The summed E-state index contributed by atoms with van der Waals surface area (Å²) >= 11 is 6.32. The molecule has 1 heterocycles. The van der Waals surface area contributed by atoms with Crippen LogP contribution in [0.4, 0.5) is 0 Å². The van der Waals surface area contributed by atoms with Gasteiger partial charge in [0.15, 0.2) is 0 Å². The van der Waals surface area contributed by atoms with E-state index in [0.717, 1.165) is 35.8 Å². The maximum Gasteiger partial charge on any atom is 0.0847 e. The highest BCUT2D eigenvalue weighted by molar-refractivity contribution is 6.31. The van der Waals surface area contributed by atoms with Gasteiger partial charge in [-0.15, -0.1) is 0 Å². The van der Waals surface area contributed by atoms with Crippen molar-refractivity contribution >= 4 is 11.6 Å². The number of aromatic nitrogens is 2. The van der Waals surface area contributed by atoms with Crippen molar-refractivity contribution in [2.45, 2.75) is 65.6 Å². The molecule has 0 aliphatic rings. The van der Waals surface area contributed by atoms with Gasteiger partial charge in [-0.1, -0.05) is 24.9 Å². The Morgan fingerprint density at radius 2 is 2.05 bits per heavy atom. The van der Waals surface area contributed by atoms with Crippen LogP contribution >= 0.6 is 11.6 Å². The molecule has 0 saturated heterocycles. The Kier molecular flexibility index (Phi) is 6.83. The molecule has 2 unspecified atom stereocenters. The third-order valence-corrected chi connectivity index (χ3v) is 3.81. The first-order valence-electron chi connectivity index (χ1n) is 7.13. The van der Waals surface area contributed by atoms with Crippen molar-refractivity contribution in [2.75, 3.05) is 6.61 Å². The van der Waals surface area contributed by atoms with E-state index in [9.17, 15) is 0 Å². The molecule has 1 rings (SSSR count). The molecule has 2 N–H and O–H groups in total. The highest BCUT2D eigenvalue weighted by Crippen LogP contribution is 2.22. The fraction of sp³-hybridized carbons (Fsp3) is 0.786. The van der Waals surface area contributed by atoms with E-state index in [1.807, 2.05) is 18.5 Å². The molecule has 0 aromatic carbocycles. The van der Waals surface area contributed by atoms with Crippen LogP contribution in [-0.2, 0) is 17.7 Å². The normalized spacial score (nSPS) is 14.6. The Morgan fingerprint density at radius 1 is 1.37 bits per heavy atom. The maximum absolute atomic E-state index is 6.32. The van der Waals surface area contributed by atoms with Crippen LogP contribution < -0.4 is 5.73 Å². The summed E-state index contributed by atoms with van der Waals surface area (Å²) in [5.74, 6) is 0. The van der Waals surface area contributed by atoms with Crippen molar-refractivity contribution in [1.82, 2.24) is 9.78 Å². The summed E-state index contributed by atoms with van der Waals surface area (Å²) in [6.45, 7) is 9.63. The minimum atomic E-state index is -0.0428. The summed E-state index contributed by atoms with van der Waals surface area (Å²) in [4.78, 5) is 0. The first-order chi connectivity index (χ1) is 9.04. The van der Waals surface area contributed by atoms with Gasteiger partial charge < -0.3 is 10.5 Å². The van der Waals surface area contributed by atoms with Gasteiger partial charge in [0.25, 0.3) is 0 Å². The second-order valence-corrected chi connectivity index (χ2v) is 5.19. The lowest BCUT2D eigenvalue weighted by atomic mass is 10.0. The fourth-order valence-electron chi connectivity index (χ4n) is 2.34. The second kappa shape index (κ2) is 7.88. The number of aryl methyl sites for hydroxylation is 2. The van der Waals surface area contributed by atoms with E-state index >= 15 is 0 Å². The molecule has 0 aliphatic carbocycles. The number of rotatable bonds is 8. The van der Waals surface area contributed by atoms with Gasteiger partial charge in [0.1, 0.15) is 0 Å². The Hall–Kier alpha value is -0.580. The van der Waals surface area contributed by atoms with Gasteiger partial charge in [0.05, 0.1) is 22.5 Å². The summed E-state index contributed by atoms with van der Waals surface area (Å²) in [6, 6.07) is -0.0428. The lowest BCUT2D eigenvalue weighted by molar-refractivity contribution is 0.0374. The van der Waals surface area contributed by atoms with E-state index < -0.39 is 0 Å². The minimum Gasteiger partial charge on any atom is -0.377 e. The predicted octanol–water partition coefficient (Wildman–Crippen LogP) is 2.94. The molecule has 2 atom stereocenters. The number of halogens is 1.